The molecule has 0 spiro atoms. The third-order valence-corrected chi connectivity index (χ3v) is 9.68. The fraction of sp³-hybridized carbons (Fsp3) is 0.387. The van der Waals surface area contributed by atoms with E-state index in [4.69, 9.17) is 0 Å². The molecular formula is C31H39N3O3S. The summed E-state index contributed by atoms with van der Waals surface area (Å²) in [6.07, 6.45) is 2.37. The van der Waals surface area contributed by atoms with Crippen molar-refractivity contribution in [1.29, 1.82) is 0 Å². The third kappa shape index (κ3) is 6.17. The number of likely N-dealkylation sites (N-methyl/N-ethyl adjacent to an activating group) is 2. The Hall–Kier alpha value is -3.00. The minimum absolute atomic E-state index is 0.0592. The lowest BCUT2D eigenvalue weighted by Gasteiger charge is -2.42. The molecule has 1 heterocycles. The molecule has 1 atom stereocenters. The summed E-state index contributed by atoms with van der Waals surface area (Å²) in [7, 11) is 1.77. The zero-order valence-corrected chi connectivity index (χ0v) is 23.5. The van der Waals surface area contributed by atoms with Gasteiger partial charge in [-0.3, -0.25) is 4.79 Å². The van der Waals surface area contributed by atoms with Gasteiger partial charge < -0.3 is 9.80 Å². The fourth-order valence-corrected chi connectivity index (χ4v) is 6.81. The Morgan fingerprint density at radius 2 is 1.37 bits per heavy atom. The van der Waals surface area contributed by atoms with Crippen LogP contribution in [0.3, 0.4) is 0 Å². The summed E-state index contributed by atoms with van der Waals surface area (Å²) in [5.74, 6) is 0.224. The molecule has 1 saturated heterocycles. The van der Waals surface area contributed by atoms with E-state index < -0.39 is 15.4 Å². The zero-order valence-electron chi connectivity index (χ0n) is 22.7. The summed E-state index contributed by atoms with van der Waals surface area (Å²) in [5, 5.41) is 0. The Morgan fingerprint density at radius 3 is 1.92 bits per heavy atom. The van der Waals surface area contributed by atoms with E-state index in [1.165, 1.54) is 4.31 Å². The molecule has 0 bridgehead atoms. The second-order valence-corrected chi connectivity index (χ2v) is 12.5. The molecule has 0 radical (unpaired) electrons. The van der Waals surface area contributed by atoms with Crippen LogP contribution in [0, 0.1) is 0 Å². The molecule has 3 aromatic rings. The van der Waals surface area contributed by atoms with Gasteiger partial charge in [0.2, 0.25) is 15.9 Å². The number of likely N-dealkylation sites (tertiary alicyclic amines) is 1. The minimum Gasteiger partial charge on any atom is -0.348 e. The van der Waals surface area contributed by atoms with Crippen molar-refractivity contribution in [3.63, 3.8) is 0 Å². The van der Waals surface area contributed by atoms with Gasteiger partial charge in [-0.15, -0.1) is 0 Å². The second kappa shape index (κ2) is 12.2. The van der Waals surface area contributed by atoms with Crippen LogP contribution in [0.25, 0.3) is 0 Å². The number of carbonyl (C=O) groups is 1. The Kier molecular flexibility index (Phi) is 9.03. The molecule has 1 aliphatic heterocycles. The molecule has 1 aliphatic rings. The third-order valence-electron chi connectivity index (χ3n) is 7.85. The molecule has 3 aromatic carbocycles. The summed E-state index contributed by atoms with van der Waals surface area (Å²) in [5.41, 5.74) is 1.73. The highest BCUT2D eigenvalue weighted by Gasteiger charge is 2.43. The van der Waals surface area contributed by atoms with Crippen molar-refractivity contribution in [1.82, 2.24) is 14.1 Å². The maximum Gasteiger partial charge on any atom is 0.242 e. The van der Waals surface area contributed by atoms with Crippen LogP contribution in [0.5, 0.6) is 0 Å². The van der Waals surface area contributed by atoms with E-state index >= 15 is 0 Å². The molecule has 6 nitrogen and oxygen atoms in total. The standard InChI is InChI=1S/C31H39N3O3S/c1-32(2)30(35)31(28-15-9-5-10-16-28)20-23-34(24-21-31)22-19-27(26-13-7-4-8-14-26)25-33(3)38(36,37)29-17-11-6-12-18-29/h4-18,27H,19-25H2,1-3H3. The Labute approximate surface area is 227 Å². The lowest BCUT2D eigenvalue weighted by atomic mass is 9.71. The lowest BCUT2D eigenvalue weighted by molar-refractivity contribution is -0.136. The second-order valence-electron chi connectivity index (χ2n) is 10.5. The van der Waals surface area contributed by atoms with Crippen molar-refractivity contribution in [3.05, 3.63) is 102 Å². The molecule has 7 heteroatoms. The van der Waals surface area contributed by atoms with Crippen molar-refractivity contribution < 1.29 is 13.2 Å². The van der Waals surface area contributed by atoms with Gasteiger partial charge in [0.05, 0.1) is 10.3 Å². The van der Waals surface area contributed by atoms with E-state index in [2.05, 4.69) is 29.2 Å². The average molecular weight is 534 g/mol. The van der Waals surface area contributed by atoms with Crippen molar-refractivity contribution in [2.75, 3.05) is 47.3 Å². The largest absolute Gasteiger partial charge is 0.348 e. The van der Waals surface area contributed by atoms with Gasteiger partial charge in [-0.05, 0) is 68.1 Å². The number of benzene rings is 3. The van der Waals surface area contributed by atoms with Crippen molar-refractivity contribution in [2.45, 2.75) is 35.5 Å². The molecule has 0 aromatic heterocycles. The summed E-state index contributed by atoms with van der Waals surface area (Å²) < 4.78 is 27.9. The number of hydrogen-bond acceptors (Lipinski definition) is 4. The van der Waals surface area contributed by atoms with Crippen LogP contribution < -0.4 is 0 Å². The van der Waals surface area contributed by atoms with Crippen LogP contribution in [0.15, 0.2) is 95.9 Å². The fourth-order valence-electron chi connectivity index (χ4n) is 5.58. The molecule has 38 heavy (non-hydrogen) atoms. The van der Waals surface area contributed by atoms with E-state index in [0.29, 0.717) is 11.4 Å². The number of piperidine rings is 1. The first-order chi connectivity index (χ1) is 18.2. The topological polar surface area (TPSA) is 60.9 Å². The molecule has 1 amide bonds. The number of hydrogen-bond donors (Lipinski definition) is 0. The van der Waals surface area contributed by atoms with Crippen molar-refractivity contribution in [2.24, 2.45) is 0 Å². The summed E-state index contributed by atoms with van der Waals surface area (Å²) >= 11 is 0. The summed E-state index contributed by atoms with van der Waals surface area (Å²) in [4.78, 5) is 17.8. The van der Waals surface area contributed by atoms with Gasteiger partial charge in [0.15, 0.2) is 0 Å². The molecule has 0 aliphatic carbocycles. The number of rotatable bonds is 10. The molecule has 1 unspecified atom stereocenters. The van der Waals surface area contributed by atoms with Crippen LogP contribution in [0.2, 0.25) is 0 Å². The highest BCUT2D eigenvalue weighted by Crippen LogP contribution is 2.37. The normalized spacial score (nSPS) is 16.7. The SMILES string of the molecule is CN(C)C(=O)C1(c2ccccc2)CCN(CCC(CN(C)S(=O)(=O)c2ccccc2)c2ccccc2)CC1. The monoisotopic (exact) mass is 533 g/mol. The maximum absolute atomic E-state index is 13.4. The summed E-state index contributed by atoms with van der Waals surface area (Å²) in [6.45, 7) is 2.91. The van der Waals surface area contributed by atoms with E-state index in [9.17, 15) is 13.2 Å². The number of amides is 1. The van der Waals surface area contributed by atoms with Gasteiger partial charge >= 0.3 is 0 Å². The van der Waals surface area contributed by atoms with Crippen molar-refractivity contribution >= 4 is 15.9 Å². The highest BCUT2D eigenvalue weighted by molar-refractivity contribution is 7.89. The first-order valence-electron chi connectivity index (χ1n) is 13.3. The quantitative estimate of drug-likeness (QED) is 0.382. The maximum atomic E-state index is 13.4. The molecule has 0 saturated carbocycles. The Bertz CT molecular complexity index is 1270. The first-order valence-corrected chi connectivity index (χ1v) is 14.7. The zero-order chi connectivity index (χ0) is 27.2. The smallest absolute Gasteiger partial charge is 0.242 e. The average Bonchev–Trinajstić information content (AvgIpc) is 2.96. The van der Waals surface area contributed by atoms with Crippen LogP contribution in [-0.4, -0.2) is 75.8 Å². The molecule has 1 fully saturated rings. The van der Waals surface area contributed by atoms with Crippen LogP contribution in [-0.2, 0) is 20.2 Å². The van der Waals surface area contributed by atoms with Gasteiger partial charge in [-0.2, -0.15) is 0 Å². The highest BCUT2D eigenvalue weighted by atomic mass is 32.2. The number of carbonyl (C=O) groups excluding carboxylic acids is 1. The molecule has 202 valence electrons. The van der Waals surface area contributed by atoms with E-state index in [0.717, 1.165) is 50.0 Å². The molecule has 0 N–H and O–H groups in total. The van der Waals surface area contributed by atoms with E-state index in [-0.39, 0.29) is 11.8 Å². The predicted molar refractivity (Wildman–Crippen MR) is 153 cm³/mol. The van der Waals surface area contributed by atoms with Gasteiger partial charge in [-0.1, -0.05) is 78.9 Å². The number of sulfonamides is 1. The van der Waals surface area contributed by atoms with Crippen molar-refractivity contribution in [3.8, 4) is 0 Å². The molecular weight excluding hydrogens is 494 g/mol. The van der Waals surface area contributed by atoms with Crippen LogP contribution in [0.1, 0.15) is 36.3 Å². The lowest BCUT2D eigenvalue weighted by Crippen LogP contribution is -2.51. The Balaban J connectivity index is 1.46. The van der Waals surface area contributed by atoms with Crippen LogP contribution >= 0.6 is 0 Å². The molecule has 4 rings (SSSR count). The van der Waals surface area contributed by atoms with Gasteiger partial charge in [0.25, 0.3) is 0 Å². The Morgan fingerprint density at radius 1 is 0.842 bits per heavy atom. The van der Waals surface area contributed by atoms with E-state index in [1.54, 1.807) is 36.2 Å². The number of nitrogens with zero attached hydrogens (tertiary/aromatic N) is 3. The predicted octanol–water partition coefficient (Wildman–Crippen LogP) is 4.60. The van der Waals surface area contributed by atoms with Gasteiger partial charge in [0.1, 0.15) is 0 Å². The van der Waals surface area contributed by atoms with E-state index in [1.807, 2.05) is 56.6 Å². The van der Waals surface area contributed by atoms with Gasteiger partial charge in [-0.25, -0.2) is 12.7 Å². The first kappa shape index (κ1) is 28.0. The summed E-state index contributed by atoms with van der Waals surface area (Å²) in [6, 6.07) is 29.0. The van der Waals surface area contributed by atoms with Gasteiger partial charge in [0, 0.05) is 27.7 Å². The van der Waals surface area contributed by atoms with Crippen LogP contribution in [0.4, 0.5) is 0 Å². The minimum atomic E-state index is -3.57.